The number of carbonyl (C=O) groups is 1. The number of benzene rings is 1. The Morgan fingerprint density at radius 1 is 1.30 bits per heavy atom. The average molecular weight is 279 g/mol. The molecular weight excluding hydrogens is 258 g/mol. The SMILES string of the molecule is COc1ccc(C)cc1C=CC(=O)N(CCO)CCO. The van der Waals surface area contributed by atoms with Crippen molar-refractivity contribution in [2.75, 3.05) is 33.4 Å². The van der Waals surface area contributed by atoms with Crippen molar-refractivity contribution in [3.63, 3.8) is 0 Å². The second-order valence-electron chi connectivity index (χ2n) is 4.35. The van der Waals surface area contributed by atoms with E-state index < -0.39 is 0 Å². The van der Waals surface area contributed by atoms with Crippen LogP contribution in [0, 0.1) is 6.92 Å². The first-order chi connectivity index (χ1) is 9.62. The van der Waals surface area contributed by atoms with Gasteiger partial charge in [-0.1, -0.05) is 11.6 Å². The highest BCUT2D eigenvalue weighted by Gasteiger charge is 2.09. The number of nitrogens with zero attached hydrogens (tertiary/aromatic N) is 1. The molecule has 0 aliphatic heterocycles. The van der Waals surface area contributed by atoms with Crippen LogP contribution >= 0.6 is 0 Å². The Morgan fingerprint density at radius 2 is 1.95 bits per heavy atom. The number of rotatable bonds is 7. The predicted octanol–water partition coefficient (Wildman–Crippen LogP) is 0.830. The van der Waals surface area contributed by atoms with Crippen LogP contribution in [-0.4, -0.2) is 54.4 Å². The third kappa shape index (κ3) is 4.68. The molecule has 110 valence electrons. The van der Waals surface area contributed by atoms with Crippen molar-refractivity contribution >= 4 is 12.0 Å². The minimum atomic E-state index is -0.253. The molecule has 0 aliphatic carbocycles. The molecule has 0 atom stereocenters. The van der Waals surface area contributed by atoms with E-state index in [1.165, 1.54) is 11.0 Å². The maximum absolute atomic E-state index is 12.0. The van der Waals surface area contributed by atoms with Gasteiger partial charge in [0.2, 0.25) is 5.91 Å². The lowest BCUT2D eigenvalue weighted by molar-refractivity contribution is -0.126. The summed E-state index contributed by atoms with van der Waals surface area (Å²) in [5, 5.41) is 17.8. The molecule has 0 saturated heterocycles. The second kappa shape index (κ2) is 8.35. The van der Waals surface area contributed by atoms with Crippen LogP contribution in [0.1, 0.15) is 11.1 Å². The molecule has 5 heteroatoms. The summed E-state index contributed by atoms with van der Waals surface area (Å²) in [5.74, 6) is 0.437. The van der Waals surface area contributed by atoms with E-state index in [2.05, 4.69) is 0 Å². The Kier molecular flexibility index (Phi) is 6.76. The van der Waals surface area contributed by atoms with Crippen molar-refractivity contribution in [3.8, 4) is 5.75 Å². The van der Waals surface area contributed by atoms with Gasteiger partial charge in [0.25, 0.3) is 0 Å². The summed E-state index contributed by atoms with van der Waals surface area (Å²) in [6.07, 6.45) is 3.10. The van der Waals surface area contributed by atoms with Gasteiger partial charge in [-0.15, -0.1) is 0 Å². The molecular formula is C15H21NO4. The predicted molar refractivity (Wildman–Crippen MR) is 77.5 cm³/mol. The zero-order valence-electron chi connectivity index (χ0n) is 11.9. The largest absolute Gasteiger partial charge is 0.496 e. The highest BCUT2D eigenvalue weighted by molar-refractivity contribution is 5.92. The Bertz CT molecular complexity index is 465. The van der Waals surface area contributed by atoms with Gasteiger partial charge in [-0.2, -0.15) is 0 Å². The fraction of sp³-hybridized carbons (Fsp3) is 0.400. The summed E-state index contributed by atoms with van der Waals surface area (Å²) < 4.78 is 5.23. The van der Waals surface area contributed by atoms with Crippen LogP contribution in [0.5, 0.6) is 5.75 Å². The number of hydrogen-bond acceptors (Lipinski definition) is 4. The van der Waals surface area contributed by atoms with Crippen molar-refractivity contribution in [1.29, 1.82) is 0 Å². The second-order valence-corrected chi connectivity index (χ2v) is 4.35. The molecule has 0 fully saturated rings. The van der Waals surface area contributed by atoms with Gasteiger partial charge in [-0.3, -0.25) is 4.79 Å². The Labute approximate surface area is 119 Å². The monoisotopic (exact) mass is 279 g/mol. The molecule has 5 nitrogen and oxygen atoms in total. The summed E-state index contributed by atoms with van der Waals surface area (Å²) in [7, 11) is 1.58. The molecule has 1 aromatic carbocycles. The normalized spacial score (nSPS) is 10.8. The summed E-state index contributed by atoms with van der Waals surface area (Å²) in [4.78, 5) is 13.3. The fourth-order valence-corrected chi connectivity index (χ4v) is 1.82. The summed E-state index contributed by atoms with van der Waals surface area (Å²) in [6, 6.07) is 5.70. The molecule has 1 aromatic rings. The quantitative estimate of drug-likeness (QED) is 0.725. The molecule has 0 unspecified atom stereocenters. The van der Waals surface area contributed by atoms with Crippen LogP contribution in [0.2, 0.25) is 0 Å². The molecule has 0 bridgehead atoms. The lowest BCUT2D eigenvalue weighted by atomic mass is 10.1. The van der Waals surface area contributed by atoms with E-state index in [0.717, 1.165) is 11.1 Å². The van der Waals surface area contributed by atoms with E-state index >= 15 is 0 Å². The van der Waals surface area contributed by atoms with E-state index in [4.69, 9.17) is 14.9 Å². The number of ether oxygens (including phenoxy) is 1. The minimum Gasteiger partial charge on any atom is -0.496 e. The maximum Gasteiger partial charge on any atom is 0.246 e. The number of methoxy groups -OCH3 is 1. The molecule has 2 N–H and O–H groups in total. The van der Waals surface area contributed by atoms with Gasteiger partial charge in [-0.25, -0.2) is 0 Å². The molecule has 0 saturated carbocycles. The molecule has 1 rings (SSSR count). The highest BCUT2D eigenvalue weighted by Crippen LogP contribution is 2.21. The van der Waals surface area contributed by atoms with E-state index in [1.807, 2.05) is 25.1 Å². The van der Waals surface area contributed by atoms with Crippen molar-refractivity contribution in [2.45, 2.75) is 6.92 Å². The molecule has 0 spiro atoms. The van der Waals surface area contributed by atoms with Crippen molar-refractivity contribution in [1.82, 2.24) is 4.90 Å². The number of aryl methyl sites for hydroxylation is 1. The Morgan fingerprint density at radius 3 is 2.50 bits per heavy atom. The first-order valence-electron chi connectivity index (χ1n) is 6.45. The van der Waals surface area contributed by atoms with Gasteiger partial charge in [0.15, 0.2) is 0 Å². The van der Waals surface area contributed by atoms with Crippen molar-refractivity contribution in [3.05, 3.63) is 35.4 Å². The van der Waals surface area contributed by atoms with Crippen LogP contribution < -0.4 is 4.74 Å². The van der Waals surface area contributed by atoms with E-state index in [0.29, 0.717) is 5.75 Å². The Balaban J connectivity index is 2.85. The molecule has 0 radical (unpaired) electrons. The number of aliphatic hydroxyl groups excluding tert-OH is 2. The highest BCUT2D eigenvalue weighted by atomic mass is 16.5. The molecule has 0 aliphatic rings. The van der Waals surface area contributed by atoms with Crippen LogP contribution in [0.25, 0.3) is 6.08 Å². The first-order valence-corrected chi connectivity index (χ1v) is 6.45. The molecule has 1 amide bonds. The van der Waals surface area contributed by atoms with Gasteiger partial charge < -0.3 is 19.8 Å². The zero-order valence-corrected chi connectivity index (χ0v) is 11.9. The third-order valence-corrected chi connectivity index (χ3v) is 2.84. The van der Waals surface area contributed by atoms with Crippen molar-refractivity contribution in [2.24, 2.45) is 0 Å². The smallest absolute Gasteiger partial charge is 0.246 e. The minimum absolute atomic E-state index is 0.132. The number of amides is 1. The molecule has 0 aromatic heterocycles. The maximum atomic E-state index is 12.0. The summed E-state index contributed by atoms with van der Waals surface area (Å²) in [5.41, 5.74) is 1.88. The van der Waals surface area contributed by atoms with Crippen molar-refractivity contribution < 1.29 is 19.7 Å². The van der Waals surface area contributed by atoms with Gasteiger partial charge in [0.05, 0.1) is 20.3 Å². The number of carbonyl (C=O) groups excluding carboxylic acids is 1. The third-order valence-electron chi connectivity index (χ3n) is 2.84. The fourth-order valence-electron chi connectivity index (χ4n) is 1.82. The van der Waals surface area contributed by atoms with Gasteiger partial charge >= 0.3 is 0 Å². The average Bonchev–Trinajstić information content (AvgIpc) is 2.44. The molecule has 20 heavy (non-hydrogen) atoms. The van der Waals surface area contributed by atoms with E-state index in [1.54, 1.807) is 13.2 Å². The lowest BCUT2D eigenvalue weighted by Gasteiger charge is -2.18. The summed E-state index contributed by atoms with van der Waals surface area (Å²) in [6.45, 7) is 2.10. The topological polar surface area (TPSA) is 70.0 Å². The van der Waals surface area contributed by atoms with Crippen LogP contribution in [0.4, 0.5) is 0 Å². The van der Waals surface area contributed by atoms with Crippen LogP contribution in [0.15, 0.2) is 24.3 Å². The standard InChI is InChI=1S/C15H21NO4/c1-12-3-5-14(20-2)13(11-12)4-6-15(19)16(7-9-17)8-10-18/h3-6,11,17-18H,7-10H2,1-2H3. The van der Waals surface area contributed by atoms with E-state index in [9.17, 15) is 4.79 Å². The van der Waals surface area contributed by atoms with Gasteiger partial charge in [0.1, 0.15) is 5.75 Å². The van der Waals surface area contributed by atoms with Crippen LogP contribution in [-0.2, 0) is 4.79 Å². The lowest BCUT2D eigenvalue weighted by Crippen LogP contribution is -2.34. The van der Waals surface area contributed by atoms with Gasteiger partial charge in [-0.05, 0) is 25.1 Å². The summed E-state index contributed by atoms with van der Waals surface area (Å²) >= 11 is 0. The molecule has 0 heterocycles. The first kappa shape index (κ1) is 16.2. The number of hydrogen-bond donors (Lipinski definition) is 2. The van der Waals surface area contributed by atoms with Gasteiger partial charge in [0, 0.05) is 24.7 Å². The zero-order chi connectivity index (χ0) is 15.0. The number of aliphatic hydroxyl groups is 2. The van der Waals surface area contributed by atoms with E-state index in [-0.39, 0.29) is 32.2 Å². The van der Waals surface area contributed by atoms with Crippen LogP contribution in [0.3, 0.4) is 0 Å². The Hall–Kier alpha value is -1.85.